The van der Waals surface area contributed by atoms with E-state index in [0.717, 1.165) is 0 Å². The van der Waals surface area contributed by atoms with Gasteiger partial charge >= 0.3 is 0 Å². The lowest BCUT2D eigenvalue weighted by molar-refractivity contribution is 0.317. The van der Waals surface area contributed by atoms with Gasteiger partial charge in [-0.2, -0.15) is 0 Å². The zero-order valence-electron chi connectivity index (χ0n) is 9.37. The van der Waals surface area contributed by atoms with Gasteiger partial charge in [0.15, 0.2) is 0 Å². The molecule has 0 aliphatic heterocycles. The first kappa shape index (κ1) is 10.7. The standard InChI is InChI=1S/C13H20N2/c1-11(15-14)13(9-5-6-10-13)12-7-3-2-4-8-12/h2-4,7-8,11,15H,5-6,9-10,14H2,1H3. The van der Waals surface area contributed by atoms with Gasteiger partial charge in [-0.05, 0) is 25.3 Å². The molecule has 0 amide bonds. The fraction of sp³-hybridized carbons (Fsp3) is 0.538. The second-order valence-electron chi connectivity index (χ2n) is 4.62. The van der Waals surface area contributed by atoms with Gasteiger partial charge < -0.3 is 0 Å². The molecule has 1 aliphatic rings. The van der Waals surface area contributed by atoms with E-state index in [-0.39, 0.29) is 5.41 Å². The Labute approximate surface area is 91.8 Å². The summed E-state index contributed by atoms with van der Waals surface area (Å²) in [4.78, 5) is 0. The summed E-state index contributed by atoms with van der Waals surface area (Å²) in [6, 6.07) is 11.1. The lowest BCUT2D eigenvalue weighted by Crippen LogP contribution is -2.48. The number of hydrogen-bond acceptors (Lipinski definition) is 2. The zero-order chi connectivity index (χ0) is 10.7. The number of nitrogens with one attached hydrogen (secondary N) is 1. The van der Waals surface area contributed by atoms with Gasteiger partial charge in [0.1, 0.15) is 0 Å². The smallest absolute Gasteiger partial charge is 0.0279 e. The minimum Gasteiger partial charge on any atom is -0.271 e. The molecule has 2 nitrogen and oxygen atoms in total. The largest absolute Gasteiger partial charge is 0.271 e. The highest BCUT2D eigenvalue weighted by Crippen LogP contribution is 2.43. The van der Waals surface area contributed by atoms with Crippen molar-refractivity contribution in [2.45, 2.75) is 44.1 Å². The summed E-state index contributed by atoms with van der Waals surface area (Å²) in [5.74, 6) is 5.62. The third kappa shape index (κ3) is 1.80. The molecule has 1 atom stereocenters. The van der Waals surface area contributed by atoms with Crippen LogP contribution in [0.1, 0.15) is 38.2 Å². The molecule has 2 rings (SSSR count). The molecule has 0 spiro atoms. The minimum atomic E-state index is 0.260. The van der Waals surface area contributed by atoms with Crippen LogP contribution in [0.15, 0.2) is 30.3 Å². The van der Waals surface area contributed by atoms with Crippen LogP contribution in [0.2, 0.25) is 0 Å². The van der Waals surface area contributed by atoms with Crippen LogP contribution in [0.5, 0.6) is 0 Å². The molecule has 1 aromatic carbocycles. The maximum atomic E-state index is 5.62. The summed E-state index contributed by atoms with van der Waals surface area (Å²) in [6.07, 6.45) is 5.15. The molecule has 1 aromatic rings. The van der Waals surface area contributed by atoms with E-state index in [1.807, 2.05) is 0 Å². The Morgan fingerprint density at radius 3 is 2.33 bits per heavy atom. The molecule has 3 N–H and O–H groups in total. The van der Waals surface area contributed by atoms with Gasteiger partial charge in [-0.25, -0.2) is 0 Å². The quantitative estimate of drug-likeness (QED) is 0.586. The number of hydrogen-bond donors (Lipinski definition) is 2. The highest BCUT2D eigenvalue weighted by molar-refractivity contribution is 5.28. The highest BCUT2D eigenvalue weighted by Gasteiger charge is 2.39. The summed E-state index contributed by atoms with van der Waals surface area (Å²) in [6.45, 7) is 2.19. The van der Waals surface area contributed by atoms with Gasteiger partial charge in [-0.15, -0.1) is 0 Å². The number of nitrogens with two attached hydrogens (primary N) is 1. The van der Waals surface area contributed by atoms with Crippen LogP contribution >= 0.6 is 0 Å². The molecule has 0 saturated heterocycles. The second kappa shape index (κ2) is 4.33. The number of rotatable bonds is 3. The van der Waals surface area contributed by atoms with E-state index in [4.69, 9.17) is 5.84 Å². The number of hydrazine groups is 1. The Kier molecular flexibility index (Phi) is 3.08. The molecule has 1 saturated carbocycles. The third-order valence-corrected chi connectivity index (χ3v) is 3.92. The Morgan fingerprint density at radius 1 is 1.20 bits per heavy atom. The van der Waals surface area contributed by atoms with Crippen molar-refractivity contribution in [3.05, 3.63) is 35.9 Å². The van der Waals surface area contributed by atoms with Gasteiger partial charge in [0.25, 0.3) is 0 Å². The average Bonchev–Trinajstić information content (AvgIpc) is 2.79. The fourth-order valence-corrected chi connectivity index (χ4v) is 2.91. The first-order valence-electron chi connectivity index (χ1n) is 5.81. The van der Waals surface area contributed by atoms with Crippen molar-refractivity contribution < 1.29 is 0 Å². The molecule has 0 radical (unpaired) electrons. The fourth-order valence-electron chi connectivity index (χ4n) is 2.91. The molecule has 15 heavy (non-hydrogen) atoms. The molecule has 82 valence electrons. The molecule has 1 fully saturated rings. The van der Waals surface area contributed by atoms with Crippen molar-refractivity contribution in [2.24, 2.45) is 5.84 Å². The van der Waals surface area contributed by atoms with Crippen molar-refractivity contribution in [2.75, 3.05) is 0 Å². The van der Waals surface area contributed by atoms with Crippen LogP contribution in [0.3, 0.4) is 0 Å². The van der Waals surface area contributed by atoms with Gasteiger partial charge in [0, 0.05) is 11.5 Å². The minimum absolute atomic E-state index is 0.260. The van der Waals surface area contributed by atoms with E-state index in [9.17, 15) is 0 Å². The third-order valence-electron chi connectivity index (χ3n) is 3.92. The topological polar surface area (TPSA) is 38.0 Å². The molecule has 1 aliphatic carbocycles. The molecular formula is C13H20N2. The van der Waals surface area contributed by atoms with Crippen LogP contribution in [0, 0.1) is 0 Å². The van der Waals surface area contributed by atoms with Crippen molar-refractivity contribution in [3.8, 4) is 0 Å². The Morgan fingerprint density at radius 2 is 1.80 bits per heavy atom. The molecule has 1 unspecified atom stereocenters. The molecule has 0 bridgehead atoms. The summed E-state index contributed by atoms with van der Waals surface area (Å²) in [5, 5.41) is 0. The van der Waals surface area contributed by atoms with Crippen LogP contribution in [-0.4, -0.2) is 6.04 Å². The van der Waals surface area contributed by atoms with Gasteiger partial charge in [0.2, 0.25) is 0 Å². The lowest BCUT2D eigenvalue weighted by Gasteiger charge is -2.35. The van der Waals surface area contributed by atoms with E-state index in [0.29, 0.717) is 6.04 Å². The lowest BCUT2D eigenvalue weighted by atomic mass is 9.73. The van der Waals surface area contributed by atoms with Gasteiger partial charge in [-0.1, -0.05) is 43.2 Å². The average molecular weight is 204 g/mol. The van der Waals surface area contributed by atoms with E-state index >= 15 is 0 Å². The Bertz CT molecular complexity index is 302. The number of benzene rings is 1. The first-order chi connectivity index (χ1) is 7.29. The predicted molar refractivity (Wildman–Crippen MR) is 63.4 cm³/mol. The molecule has 0 heterocycles. The Balaban J connectivity index is 2.35. The zero-order valence-corrected chi connectivity index (χ0v) is 9.37. The van der Waals surface area contributed by atoms with E-state index in [1.165, 1.54) is 31.2 Å². The van der Waals surface area contributed by atoms with Crippen LogP contribution in [-0.2, 0) is 5.41 Å². The maximum absolute atomic E-state index is 5.62. The van der Waals surface area contributed by atoms with E-state index in [2.05, 4.69) is 42.7 Å². The summed E-state index contributed by atoms with van der Waals surface area (Å²) < 4.78 is 0. The van der Waals surface area contributed by atoms with Gasteiger partial charge in [-0.3, -0.25) is 11.3 Å². The normalized spacial score (nSPS) is 21.5. The Hall–Kier alpha value is -0.860. The SMILES string of the molecule is CC(NN)C1(c2ccccc2)CCCC1. The summed E-state index contributed by atoms with van der Waals surface area (Å²) in [5.41, 5.74) is 4.64. The molecule has 0 aromatic heterocycles. The first-order valence-corrected chi connectivity index (χ1v) is 5.81. The monoisotopic (exact) mass is 204 g/mol. The van der Waals surface area contributed by atoms with Crippen molar-refractivity contribution in [3.63, 3.8) is 0 Å². The van der Waals surface area contributed by atoms with Crippen molar-refractivity contribution >= 4 is 0 Å². The summed E-state index contributed by atoms with van der Waals surface area (Å²) in [7, 11) is 0. The molecular weight excluding hydrogens is 184 g/mol. The second-order valence-corrected chi connectivity index (χ2v) is 4.62. The van der Waals surface area contributed by atoms with Crippen molar-refractivity contribution in [1.29, 1.82) is 0 Å². The maximum Gasteiger partial charge on any atom is 0.0279 e. The highest BCUT2D eigenvalue weighted by atomic mass is 15.2. The van der Waals surface area contributed by atoms with Crippen LogP contribution < -0.4 is 11.3 Å². The van der Waals surface area contributed by atoms with E-state index in [1.54, 1.807) is 0 Å². The van der Waals surface area contributed by atoms with Crippen LogP contribution in [0.25, 0.3) is 0 Å². The molecule has 2 heteroatoms. The summed E-state index contributed by atoms with van der Waals surface area (Å²) >= 11 is 0. The van der Waals surface area contributed by atoms with Crippen LogP contribution in [0.4, 0.5) is 0 Å². The predicted octanol–water partition coefficient (Wildman–Crippen LogP) is 2.35. The van der Waals surface area contributed by atoms with Gasteiger partial charge in [0.05, 0.1) is 0 Å². The van der Waals surface area contributed by atoms with Crippen molar-refractivity contribution in [1.82, 2.24) is 5.43 Å². The van der Waals surface area contributed by atoms with E-state index < -0.39 is 0 Å².